The number of amidine groups is 1. The minimum Gasteiger partial charge on any atom is -0.409 e. The largest absolute Gasteiger partial charge is 0.409 e. The molecule has 0 saturated heterocycles. The summed E-state index contributed by atoms with van der Waals surface area (Å²) in [6.07, 6.45) is 0. The van der Waals surface area contributed by atoms with Crippen molar-refractivity contribution in [2.75, 3.05) is 19.0 Å². The first-order valence-electron chi connectivity index (χ1n) is 4.32. The van der Waals surface area contributed by atoms with E-state index in [1.807, 2.05) is 44.1 Å². The van der Waals surface area contributed by atoms with Gasteiger partial charge >= 0.3 is 0 Å². The Hall–Kier alpha value is -1.71. The molecule has 4 heteroatoms. The fourth-order valence-electron chi connectivity index (χ4n) is 1.27. The predicted molar refractivity (Wildman–Crippen MR) is 58.0 cm³/mol. The van der Waals surface area contributed by atoms with Gasteiger partial charge in [-0.2, -0.15) is 0 Å². The third-order valence-corrected chi connectivity index (χ3v) is 2.11. The van der Waals surface area contributed by atoms with Crippen molar-refractivity contribution in [2.24, 2.45) is 10.9 Å². The third kappa shape index (κ3) is 1.96. The molecule has 0 aliphatic rings. The lowest BCUT2D eigenvalue weighted by Crippen LogP contribution is -2.15. The molecule has 0 spiro atoms. The summed E-state index contributed by atoms with van der Waals surface area (Å²) in [6, 6.07) is 5.77. The second kappa shape index (κ2) is 4.00. The van der Waals surface area contributed by atoms with Crippen LogP contribution < -0.4 is 10.6 Å². The Morgan fingerprint density at radius 3 is 2.50 bits per heavy atom. The van der Waals surface area contributed by atoms with E-state index in [1.165, 1.54) is 0 Å². The summed E-state index contributed by atoms with van der Waals surface area (Å²) in [5.41, 5.74) is 8.36. The Bertz CT molecular complexity index is 358. The van der Waals surface area contributed by atoms with Crippen molar-refractivity contribution < 1.29 is 5.21 Å². The van der Waals surface area contributed by atoms with E-state index in [9.17, 15) is 0 Å². The summed E-state index contributed by atoms with van der Waals surface area (Å²) in [4.78, 5) is 2.00. The molecule has 0 amide bonds. The Labute approximate surface area is 83.6 Å². The molecule has 0 atom stereocenters. The van der Waals surface area contributed by atoms with E-state index in [-0.39, 0.29) is 5.84 Å². The molecule has 0 saturated carbocycles. The average molecular weight is 193 g/mol. The molecule has 1 aromatic rings. The number of hydrogen-bond donors (Lipinski definition) is 2. The molecule has 0 heterocycles. The molecule has 76 valence electrons. The van der Waals surface area contributed by atoms with Gasteiger partial charge in [0.2, 0.25) is 0 Å². The van der Waals surface area contributed by atoms with Crippen molar-refractivity contribution in [3.8, 4) is 0 Å². The van der Waals surface area contributed by atoms with Crippen LogP contribution in [0, 0.1) is 6.92 Å². The van der Waals surface area contributed by atoms with Crippen molar-refractivity contribution in [1.29, 1.82) is 0 Å². The molecule has 0 aliphatic carbocycles. The van der Waals surface area contributed by atoms with Crippen molar-refractivity contribution in [3.63, 3.8) is 0 Å². The highest BCUT2D eigenvalue weighted by molar-refractivity contribution is 5.98. The van der Waals surface area contributed by atoms with Crippen LogP contribution in [0.15, 0.2) is 23.4 Å². The van der Waals surface area contributed by atoms with Crippen LogP contribution in [0.2, 0.25) is 0 Å². The predicted octanol–water partition coefficient (Wildman–Crippen LogP) is 1.16. The molecular weight excluding hydrogens is 178 g/mol. The van der Waals surface area contributed by atoms with Gasteiger partial charge in [0, 0.05) is 25.3 Å². The number of benzene rings is 1. The zero-order chi connectivity index (χ0) is 10.7. The summed E-state index contributed by atoms with van der Waals surface area (Å²) in [5, 5.41) is 11.5. The summed E-state index contributed by atoms with van der Waals surface area (Å²) in [5.74, 6) is 0.146. The van der Waals surface area contributed by atoms with E-state index in [1.54, 1.807) is 0 Å². The van der Waals surface area contributed by atoms with E-state index >= 15 is 0 Å². The van der Waals surface area contributed by atoms with Gasteiger partial charge < -0.3 is 15.8 Å². The molecule has 0 aromatic heterocycles. The molecule has 1 rings (SSSR count). The minimum atomic E-state index is 0.146. The fourth-order valence-corrected chi connectivity index (χ4v) is 1.27. The van der Waals surface area contributed by atoms with Gasteiger partial charge in [0.1, 0.15) is 0 Å². The Morgan fingerprint density at radius 2 is 2.07 bits per heavy atom. The second-order valence-electron chi connectivity index (χ2n) is 3.38. The molecular formula is C10H15N3O. The maximum absolute atomic E-state index is 8.54. The average Bonchev–Trinajstić information content (AvgIpc) is 2.16. The van der Waals surface area contributed by atoms with Crippen LogP contribution in [0.1, 0.15) is 11.1 Å². The first kappa shape index (κ1) is 10.4. The summed E-state index contributed by atoms with van der Waals surface area (Å²) >= 11 is 0. The first-order valence-corrected chi connectivity index (χ1v) is 4.32. The van der Waals surface area contributed by atoms with Crippen LogP contribution in [0.25, 0.3) is 0 Å². The highest BCUT2D eigenvalue weighted by Gasteiger charge is 2.04. The van der Waals surface area contributed by atoms with Crippen molar-refractivity contribution in [2.45, 2.75) is 6.92 Å². The van der Waals surface area contributed by atoms with Gasteiger partial charge in [-0.1, -0.05) is 5.16 Å². The van der Waals surface area contributed by atoms with Crippen molar-refractivity contribution in [1.82, 2.24) is 0 Å². The van der Waals surface area contributed by atoms with Gasteiger partial charge in [0.15, 0.2) is 5.84 Å². The molecule has 0 fully saturated rings. The van der Waals surface area contributed by atoms with Gasteiger partial charge in [0.05, 0.1) is 0 Å². The van der Waals surface area contributed by atoms with Crippen LogP contribution in [0.5, 0.6) is 0 Å². The molecule has 0 unspecified atom stereocenters. The number of oxime groups is 1. The minimum absolute atomic E-state index is 0.146. The molecule has 4 nitrogen and oxygen atoms in total. The zero-order valence-electron chi connectivity index (χ0n) is 8.65. The van der Waals surface area contributed by atoms with Crippen LogP contribution in [-0.2, 0) is 0 Å². The van der Waals surface area contributed by atoms with Gasteiger partial charge in [-0.15, -0.1) is 0 Å². The number of nitrogens with two attached hydrogens (primary N) is 1. The van der Waals surface area contributed by atoms with Gasteiger partial charge in [-0.3, -0.25) is 0 Å². The third-order valence-electron chi connectivity index (χ3n) is 2.11. The van der Waals surface area contributed by atoms with Crippen LogP contribution >= 0.6 is 0 Å². The van der Waals surface area contributed by atoms with E-state index in [0.717, 1.165) is 16.8 Å². The normalized spacial score (nSPS) is 11.5. The van der Waals surface area contributed by atoms with Crippen LogP contribution in [0.3, 0.4) is 0 Å². The van der Waals surface area contributed by atoms with Gasteiger partial charge in [0.25, 0.3) is 0 Å². The Balaban J connectivity index is 3.14. The van der Waals surface area contributed by atoms with Crippen molar-refractivity contribution >= 4 is 11.5 Å². The number of aryl methyl sites for hydroxylation is 1. The standard InChI is InChI=1S/C10H15N3O/c1-7-6-8(13(2)3)4-5-9(7)10(11)12-14/h4-6,14H,1-3H3,(H2,11,12). The van der Waals surface area contributed by atoms with Gasteiger partial charge in [-0.05, 0) is 30.7 Å². The van der Waals surface area contributed by atoms with E-state index in [2.05, 4.69) is 5.16 Å². The molecule has 0 radical (unpaired) electrons. The monoisotopic (exact) mass is 193 g/mol. The molecule has 1 aromatic carbocycles. The smallest absolute Gasteiger partial charge is 0.170 e. The SMILES string of the molecule is Cc1cc(N(C)C)ccc1/C(N)=N/O. The van der Waals surface area contributed by atoms with E-state index in [4.69, 9.17) is 10.9 Å². The van der Waals surface area contributed by atoms with E-state index in [0.29, 0.717) is 0 Å². The first-order chi connectivity index (χ1) is 6.56. The highest BCUT2D eigenvalue weighted by atomic mass is 16.4. The van der Waals surface area contributed by atoms with Gasteiger partial charge in [-0.25, -0.2) is 0 Å². The van der Waals surface area contributed by atoms with Crippen LogP contribution in [-0.4, -0.2) is 25.1 Å². The highest BCUT2D eigenvalue weighted by Crippen LogP contribution is 2.16. The lowest BCUT2D eigenvalue weighted by molar-refractivity contribution is 0.318. The summed E-state index contributed by atoms with van der Waals surface area (Å²) < 4.78 is 0. The van der Waals surface area contributed by atoms with Crippen LogP contribution in [0.4, 0.5) is 5.69 Å². The van der Waals surface area contributed by atoms with E-state index < -0.39 is 0 Å². The maximum Gasteiger partial charge on any atom is 0.170 e. The number of anilines is 1. The summed E-state index contributed by atoms with van der Waals surface area (Å²) in [7, 11) is 3.94. The molecule has 0 bridgehead atoms. The summed E-state index contributed by atoms with van der Waals surface area (Å²) in [6.45, 7) is 1.93. The lowest BCUT2D eigenvalue weighted by Gasteiger charge is -2.14. The number of hydrogen-bond acceptors (Lipinski definition) is 3. The lowest BCUT2D eigenvalue weighted by atomic mass is 10.1. The molecule has 14 heavy (non-hydrogen) atoms. The number of nitrogens with zero attached hydrogens (tertiary/aromatic N) is 2. The molecule has 3 N–H and O–H groups in total. The topological polar surface area (TPSA) is 61.8 Å². The quantitative estimate of drug-likeness (QED) is 0.320. The zero-order valence-corrected chi connectivity index (χ0v) is 8.65. The Morgan fingerprint density at radius 1 is 1.43 bits per heavy atom. The number of rotatable bonds is 2. The van der Waals surface area contributed by atoms with Crippen molar-refractivity contribution in [3.05, 3.63) is 29.3 Å². The maximum atomic E-state index is 8.54. The molecule has 0 aliphatic heterocycles. The second-order valence-corrected chi connectivity index (χ2v) is 3.38. The fraction of sp³-hybridized carbons (Fsp3) is 0.300. The Kier molecular flexibility index (Phi) is 2.96.